The van der Waals surface area contributed by atoms with Gasteiger partial charge in [-0.2, -0.15) is 0 Å². The van der Waals surface area contributed by atoms with Gasteiger partial charge in [-0.25, -0.2) is 4.39 Å². The standard InChI is InChI=1S/C37H42FNO3Si/c1-37(2,3)43(5,6)42-23-22-27-16-18-28(19-17-27)25-39-33-21-20-30(41-26-29-12-8-7-9-13-29)24-32(33)35(38)36(39)31-14-10-11-15-34(31)40-4/h7-21,24H,22-23,25-26H2,1-6H3. The number of aromatic nitrogens is 1. The highest BCUT2D eigenvalue weighted by Gasteiger charge is 2.36. The van der Waals surface area contributed by atoms with E-state index >= 15 is 4.39 Å². The van der Waals surface area contributed by atoms with Crippen LogP contribution in [0.25, 0.3) is 22.2 Å². The predicted octanol–water partition coefficient (Wildman–Crippen LogP) is 9.65. The van der Waals surface area contributed by atoms with E-state index in [-0.39, 0.29) is 10.9 Å². The second-order valence-corrected chi connectivity index (χ2v) is 17.4. The lowest BCUT2D eigenvalue weighted by Crippen LogP contribution is -2.41. The van der Waals surface area contributed by atoms with Crippen molar-refractivity contribution in [3.63, 3.8) is 0 Å². The van der Waals surface area contributed by atoms with Gasteiger partial charge in [-0.05, 0) is 71.6 Å². The zero-order chi connectivity index (χ0) is 30.6. The largest absolute Gasteiger partial charge is 0.496 e. The maximum atomic E-state index is 16.4. The molecule has 0 saturated carbocycles. The third kappa shape index (κ3) is 6.87. The summed E-state index contributed by atoms with van der Waals surface area (Å²) in [5, 5.41) is 0.713. The van der Waals surface area contributed by atoms with Gasteiger partial charge in [-0.3, -0.25) is 0 Å². The van der Waals surface area contributed by atoms with Crippen LogP contribution in [0.3, 0.4) is 0 Å². The van der Waals surface area contributed by atoms with Crippen molar-refractivity contribution < 1.29 is 18.3 Å². The summed E-state index contributed by atoms with van der Waals surface area (Å²) in [6.07, 6.45) is 0.867. The predicted molar refractivity (Wildman–Crippen MR) is 177 cm³/mol. The van der Waals surface area contributed by atoms with Crippen LogP contribution in [0.4, 0.5) is 4.39 Å². The highest BCUT2D eigenvalue weighted by molar-refractivity contribution is 6.74. The molecule has 0 radical (unpaired) electrons. The molecule has 0 aliphatic heterocycles. The van der Waals surface area contributed by atoms with Crippen molar-refractivity contribution in [3.05, 3.63) is 120 Å². The van der Waals surface area contributed by atoms with Gasteiger partial charge >= 0.3 is 0 Å². The molecule has 0 spiro atoms. The number of halogens is 1. The van der Waals surface area contributed by atoms with Crippen molar-refractivity contribution in [2.24, 2.45) is 0 Å². The Bertz CT molecular complexity index is 1670. The van der Waals surface area contributed by atoms with Gasteiger partial charge in [-0.1, -0.05) is 87.5 Å². The van der Waals surface area contributed by atoms with Crippen LogP contribution in [0.15, 0.2) is 97.1 Å². The van der Waals surface area contributed by atoms with E-state index in [4.69, 9.17) is 13.9 Å². The van der Waals surface area contributed by atoms with E-state index < -0.39 is 8.32 Å². The Kier molecular flexibility index (Phi) is 9.09. The van der Waals surface area contributed by atoms with Crippen molar-refractivity contribution >= 4 is 19.2 Å². The minimum absolute atomic E-state index is 0.194. The molecule has 5 rings (SSSR count). The number of benzene rings is 4. The molecule has 0 unspecified atom stereocenters. The molecular formula is C37H42FNO3Si. The molecule has 4 nitrogen and oxygen atoms in total. The Balaban J connectivity index is 1.43. The zero-order valence-corrected chi connectivity index (χ0v) is 27.1. The van der Waals surface area contributed by atoms with Gasteiger partial charge in [-0.15, -0.1) is 0 Å². The Morgan fingerprint density at radius 3 is 2.16 bits per heavy atom. The molecule has 0 N–H and O–H groups in total. The number of ether oxygens (including phenoxy) is 2. The first-order valence-electron chi connectivity index (χ1n) is 14.9. The van der Waals surface area contributed by atoms with Crippen LogP contribution in [0, 0.1) is 5.82 Å². The van der Waals surface area contributed by atoms with Gasteiger partial charge in [0.25, 0.3) is 0 Å². The van der Waals surface area contributed by atoms with E-state index in [0.29, 0.717) is 41.3 Å². The molecule has 1 heterocycles. The Morgan fingerprint density at radius 2 is 1.47 bits per heavy atom. The van der Waals surface area contributed by atoms with Crippen LogP contribution >= 0.6 is 0 Å². The average molecular weight is 596 g/mol. The fourth-order valence-electron chi connectivity index (χ4n) is 5.03. The summed E-state index contributed by atoms with van der Waals surface area (Å²) in [6, 6.07) is 31.8. The fourth-order valence-corrected chi connectivity index (χ4v) is 6.07. The molecule has 224 valence electrons. The number of hydrogen-bond acceptors (Lipinski definition) is 3. The number of para-hydroxylation sites is 1. The van der Waals surface area contributed by atoms with Crippen LogP contribution in [0.1, 0.15) is 37.5 Å². The van der Waals surface area contributed by atoms with Gasteiger partial charge in [0.05, 0.1) is 18.3 Å². The lowest BCUT2D eigenvalue weighted by atomic mass is 10.1. The quantitative estimate of drug-likeness (QED) is 0.143. The molecule has 1 aromatic heterocycles. The topological polar surface area (TPSA) is 32.6 Å². The van der Waals surface area contributed by atoms with Crippen LogP contribution in [-0.4, -0.2) is 26.6 Å². The van der Waals surface area contributed by atoms with Crippen LogP contribution in [-0.2, 0) is 24.0 Å². The van der Waals surface area contributed by atoms with Crippen molar-refractivity contribution in [1.29, 1.82) is 0 Å². The van der Waals surface area contributed by atoms with Crippen molar-refractivity contribution in [3.8, 4) is 22.8 Å². The maximum Gasteiger partial charge on any atom is 0.191 e. The highest BCUT2D eigenvalue weighted by atomic mass is 28.4. The van der Waals surface area contributed by atoms with Crippen molar-refractivity contribution in [2.45, 2.75) is 58.5 Å². The zero-order valence-electron chi connectivity index (χ0n) is 26.1. The molecule has 0 aliphatic rings. The van der Waals surface area contributed by atoms with Gasteiger partial charge in [0.1, 0.15) is 18.1 Å². The number of nitrogens with zero attached hydrogens (tertiary/aromatic N) is 1. The van der Waals surface area contributed by atoms with Crippen LogP contribution in [0.5, 0.6) is 11.5 Å². The summed E-state index contributed by atoms with van der Waals surface area (Å²) in [5.41, 5.74) is 5.40. The Labute approximate surface area is 256 Å². The Hall–Kier alpha value is -3.87. The average Bonchev–Trinajstić information content (AvgIpc) is 3.26. The monoisotopic (exact) mass is 595 g/mol. The number of methoxy groups -OCH3 is 1. The summed E-state index contributed by atoms with van der Waals surface area (Å²) in [7, 11) is -0.158. The van der Waals surface area contributed by atoms with E-state index in [1.807, 2.05) is 71.3 Å². The molecule has 0 atom stereocenters. The molecule has 0 amide bonds. The second kappa shape index (κ2) is 12.8. The number of hydrogen-bond donors (Lipinski definition) is 0. The van der Waals surface area contributed by atoms with E-state index in [0.717, 1.165) is 29.7 Å². The van der Waals surface area contributed by atoms with E-state index in [2.05, 4.69) is 58.1 Å². The second-order valence-electron chi connectivity index (χ2n) is 12.6. The van der Waals surface area contributed by atoms with Crippen molar-refractivity contribution in [1.82, 2.24) is 4.57 Å². The summed E-state index contributed by atoms with van der Waals surface area (Å²) in [4.78, 5) is 0. The molecule has 4 aromatic carbocycles. The third-order valence-electron chi connectivity index (χ3n) is 8.61. The summed E-state index contributed by atoms with van der Waals surface area (Å²) in [5.74, 6) is 0.968. The first-order chi connectivity index (χ1) is 20.6. The molecular weight excluding hydrogens is 553 g/mol. The first-order valence-corrected chi connectivity index (χ1v) is 17.8. The molecule has 0 bridgehead atoms. The lowest BCUT2D eigenvalue weighted by molar-refractivity contribution is 0.292. The van der Waals surface area contributed by atoms with Crippen LogP contribution in [0.2, 0.25) is 18.1 Å². The maximum absolute atomic E-state index is 16.4. The summed E-state index contributed by atoms with van der Waals surface area (Å²) >= 11 is 0. The minimum Gasteiger partial charge on any atom is -0.496 e. The smallest absolute Gasteiger partial charge is 0.191 e. The molecule has 0 saturated heterocycles. The highest BCUT2D eigenvalue weighted by Crippen LogP contribution is 2.39. The fraction of sp³-hybridized carbons (Fsp3) is 0.297. The third-order valence-corrected chi connectivity index (χ3v) is 13.1. The normalized spacial score (nSPS) is 12.1. The van der Waals surface area contributed by atoms with E-state index in [1.165, 1.54) is 5.56 Å². The molecule has 5 aromatic rings. The van der Waals surface area contributed by atoms with Gasteiger partial charge < -0.3 is 18.5 Å². The SMILES string of the molecule is COc1ccccc1-c1c(F)c2cc(OCc3ccccc3)ccc2n1Cc1ccc(CCO[Si](C)(C)C(C)(C)C)cc1. The van der Waals surface area contributed by atoms with Crippen LogP contribution < -0.4 is 9.47 Å². The van der Waals surface area contributed by atoms with E-state index in [9.17, 15) is 0 Å². The minimum atomic E-state index is -1.78. The first kappa shape index (κ1) is 30.6. The van der Waals surface area contributed by atoms with Gasteiger partial charge in [0, 0.05) is 24.1 Å². The summed E-state index contributed by atoms with van der Waals surface area (Å²) in [6.45, 7) is 13.0. The van der Waals surface area contributed by atoms with Gasteiger partial charge in [0.2, 0.25) is 0 Å². The molecule has 43 heavy (non-hydrogen) atoms. The summed E-state index contributed by atoms with van der Waals surface area (Å²) < 4.78 is 36.5. The molecule has 0 aliphatic carbocycles. The number of rotatable bonds is 11. The van der Waals surface area contributed by atoms with Crippen molar-refractivity contribution in [2.75, 3.05) is 13.7 Å². The number of fused-ring (bicyclic) bond motifs is 1. The van der Waals surface area contributed by atoms with E-state index in [1.54, 1.807) is 13.2 Å². The van der Waals surface area contributed by atoms with Gasteiger partial charge in [0.15, 0.2) is 14.1 Å². The molecule has 6 heteroatoms. The molecule has 0 fully saturated rings. The lowest BCUT2D eigenvalue weighted by Gasteiger charge is -2.36. The Morgan fingerprint density at radius 1 is 0.791 bits per heavy atom.